The van der Waals surface area contributed by atoms with Crippen molar-refractivity contribution in [1.82, 2.24) is 14.4 Å². The molecule has 2 aliphatic heterocycles. The van der Waals surface area contributed by atoms with Crippen LogP contribution in [0.5, 0.6) is 5.75 Å². The summed E-state index contributed by atoms with van der Waals surface area (Å²) >= 11 is 6.13. The lowest BCUT2D eigenvalue weighted by Crippen LogP contribution is -2.46. The Morgan fingerprint density at radius 3 is 2.33 bits per heavy atom. The Hall–Kier alpha value is -2.02. The molecule has 0 radical (unpaired) electrons. The third kappa shape index (κ3) is 4.82. The number of benzene rings is 1. The molecule has 0 bridgehead atoms. The summed E-state index contributed by atoms with van der Waals surface area (Å²) in [4.78, 5) is 19.5. The van der Waals surface area contributed by atoms with E-state index in [1.165, 1.54) is 19.3 Å². The van der Waals surface area contributed by atoms with Crippen LogP contribution in [0.4, 0.5) is 5.69 Å². The first-order valence-electron chi connectivity index (χ1n) is 10.9. The normalized spacial score (nSPS) is 18.7. The van der Waals surface area contributed by atoms with Crippen LogP contribution in [0.15, 0.2) is 35.1 Å². The smallest absolute Gasteiger partial charge is 0.223 e. The van der Waals surface area contributed by atoms with E-state index < -0.39 is 0 Å². The number of hydrogen-bond donors (Lipinski definition) is 1. The Morgan fingerprint density at radius 1 is 0.933 bits per heavy atom. The Morgan fingerprint density at radius 2 is 1.63 bits per heavy atom. The molecule has 6 nitrogen and oxygen atoms in total. The van der Waals surface area contributed by atoms with Crippen LogP contribution >= 0.6 is 11.6 Å². The first-order valence-corrected chi connectivity index (χ1v) is 11.2. The van der Waals surface area contributed by atoms with Gasteiger partial charge < -0.3 is 14.6 Å². The molecule has 4 rings (SSSR count). The van der Waals surface area contributed by atoms with E-state index in [-0.39, 0.29) is 11.2 Å². The van der Waals surface area contributed by atoms with E-state index in [1.807, 2.05) is 29.8 Å². The minimum atomic E-state index is -0.271. The van der Waals surface area contributed by atoms with Crippen LogP contribution in [0.1, 0.15) is 30.7 Å². The van der Waals surface area contributed by atoms with Gasteiger partial charge in [-0.25, -0.2) is 0 Å². The molecule has 2 aliphatic rings. The number of piperidine rings is 1. The number of hydrogen-bond acceptors (Lipinski definition) is 5. The van der Waals surface area contributed by atoms with Gasteiger partial charge in [-0.1, -0.05) is 24.1 Å². The average Bonchev–Trinajstić information content (AvgIpc) is 2.76. The lowest BCUT2D eigenvalue weighted by molar-refractivity contribution is 0.212. The molecule has 0 saturated carbocycles. The molecule has 30 heavy (non-hydrogen) atoms. The van der Waals surface area contributed by atoms with Gasteiger partial charge in [0.05, 0.1) is 5.69 Å². The third-order valence-electron chi connectivity index (χ3n) is 6.39. The molecule has 1 aromatic carbocycles. The number of pyridine rings is 1. The number of likely N-dealkylation sites (tertiary alicyclic amines) is 1. The first-order chi connectivity index (χ1) is 14.5. The van der Waals surface area contributed by atoms with Crippen LogP contribution in [0.2, 0.25) is 5.02 Å². The quantitative estimate of drug-likeness (QED) is 0.790. The highest BCUT2D eigenvalue weighted by Gasteiger charge is 2.22. The largest absolute Gasteiger partial charge is 0.503 e. The second-order valence-electron chi connectivity index (χ2n) is 8.43. The minimum absolute atomic E-state index is 0.114. The van der Waals surface area contributed by atoms with Crippen LogP contribution in [-0.2, 0) is 20.1 Å². The predicted molar refractivity (Wildman–Crippen MR) is 121 cm³/mol. The van der Waals surface area contributed by atoms with Gasteiger partial charge in [-0.2, -0.15) is 0 Å². The summed E-state index contributed by atoms with van der Waals surface area (Å²) in [5.74, 6) is -0.114. The molecule has 1 aromatic heterocycles. The molecule has 0 atom stereocenters. The Labute approximate surface area is 183 Å². The predicted octanol–water partition coefficient (Wildman–Crippen LogP) is 3.05. The number of aromatic hydroxyl groups is 1. The molecule has 2 saturated heterocycles. The number of halogens is 1. The second kappa shape index (κ2) is 9.41. The van der Waals surface area contributed by atoms with Crippen LogP contribution in [0.25, 0.3) is 0 Å². The zero-order chi connectivity index (χ0) is 21.1. The summed E-state index contributed by atoms with van der Waals surface area (Å²) in [5.41, 5.74) is 2.56. The summed E-state index contributed by atoms with van der Waals surface area (Å²) < 4.78 is 2.02. The van der Waals surface area contributed by atoms with Gasteiger partial charge in [0.15, 0.2) is 5.75 Å². The van der Waals surface area contributed by atoms with Crippen LogP contribution in [0, 0.1) is 0 Å². The highest BCUT2D eigenvalue weighted by atomic mass is 35.5. The first kappa shape index (κ1) is 21.2. The van der Waals surface area contributed by atoms with Crippen molar-refractivity contribution in [1.29, 1.82) is 0 Å². The Kier molecular flexibility index (Phi) is 6.66. The van der Waals surface area contributed by atoms with Gasteiger partial charge in [0.2, 0.25) is 5.43 Å². The SMILES string of the molecule is Cn1c(CN2CCCCC2)cc(=O)c(O)c1CN1CCN(c2cccc(Cl)c2)CC1. The molecule has 3 heterocycles. The van der Waals surface area contributed by atoms with Crippen molar-refractivity contribution in [2.45, 2.75) is 32.4 Å². The van der Waals surface area contributed by atoms with Crippen molar-refractivity contribution in [3.05, 3.63) is 57.0 Å². The maximum atomic E-state index is 12.4. The summed E-state index contributed by atoms with van der Waals surface area (Å²) in [6.45, 7) is 7.03. The Bertz CT molecular complexity index is 931. The van der Waals surface area contributed by atoms with Crippen molar-refractivity contribution in [2.75, 3.05) is 44.2 Å². The van der Waals surface area contributed by atoms with Crippen LogP contribution in [-0.4, -0.2) is 58.7 Å². The van der Waals surface area contributed by atoms with Crippen LogP contribution < -0.4 is 10.3 Å². The third-order valence-corrected chi connectivity index (χ3v) is 6.63. The van der Waals surface area contributed by atoms with Crippen molar-refractivity contribution >= 4 is 17.3 Å². The van der Waals surface area contributed by atoms with Crippen molar-refractivity contribution in [3.8, 4) is 5.75 Å². The summed E-state index contributed by atoms with van der Waals surface area (Å²) in [6.07, 6.45) is 3.73. The van der Waals surface area contributed by atoms with Gasteiger partial charge in [0, 0.05) is 68.8 Å². The van der Waals surface area contributed by atoms with Crippen molar-refractivity contribution in [3.63, 3.8) is 0 Å². The summed E-state index contributed by atoms with van der Waals surface area (Å²) in [6, 6.07) is 9.55. The van der Waals surface area contributed by atoms with Gasteiger partial charge >= 0.3 is 0 Å². The van der Waals surface area contributed by atoms with E-state index in [2.05, 4.69) is 20.8 Å². The van der Waals surface area contributed by atoms with E-state index in [0.29, 0.717) is 12.2 Å². The lowest BCUT2D eigenvalue weighted by Gasteiger charge is -2.36. The molecule has 1 N–H and O–H groups in total. The summed E-state index contributed by atoms with van der Waals surface area (Å²) in [7, 11) is 1.97. The maximum absolute atomic E-state index is 12.4. The zero-order valence-corrected chi connectivity index (χ0v) is 18.4. The number of rotatable bonds is 5. The molecule has 2 fully saturated rings. The highest BCUT2D eigenvalue weighted by molar-refractivity contribution is 6.30. The molecule has 0 amide bonds. The van der Waals surface area contributed by atoms with E-state index in [4.69, 9.17) is 11.6 Å². The topological polar surface area (TPSA) is 52.0 Å². The molecule has 162 valence electrons. The van der Waals surface area contributed by atoms with E-state index in [9.17, 15) is 9.90 Å². The minimum Gasteiger partial charge on any atom is -0.503 e. The van der Waals surface area contributed by atoms with Gasteiger partial charge in [0.1, 0.15) is 0 Å². The fourth-order valence-electron chi connectivity index (χ4n) is 4.52. The molecule has 0 spiro atoms. The molecule has 0 unspecified atom stereocenters. The fourth-order valence-corrected chi connectivity index (χ4v) is 4.70. The lowest BCUT2D eigenvalue weighted by atomic mass is 10.1. The van der Waals surface area contributed by atoms with Gasteiger partial charge in [-0.15, -0.1) is 0 Å². The van der Waals surface area contributed by atoms with E-state index >= 15 is 0 Å². The molecule has 7 heteroatoms. The van der Waals surface area contributed by atoms with Gasteiger partial charge in [-0.3, -0.25) is 14.6 Å². The summed E-state index contributed by atoms with van der Waals surface area (Å²) in [5, 5.41) is 11.3. The molecular formula is C23H31ClN4O2. The molecule has 0 aliphatic carbocycles. The number of piperazine rings is 1. The maximum Gasteiger partial charge on any atom is 0.223 e. The molecule has 2 aromatic rings. The number of anilines is 1. The monoisotopic (exact) mass is 430 g/mol. The standard InChI is InChI=1S/C23H31ClN4O2/c1-25-20(16-26-8-3-2-4-9-26)15-22(29)23(30)21(25)17-27-10-12-28(13-11-27)19-7-5-6-18(24)14-19/h5-7,14-15,30H,2-4,8-13,16-17H2,1H3. The number of nitrogens with zero attached hydrogens (tertiary/aromatic N) is 4. The number of aromatic nitrogens is 1. The van der Waals surface area contributed by atoms with Crippen molar-refractivity contribution < 1.29 is 5.11 Å². The second-order valence-corrected chi connectivity index (χ2v) is 8.87. The fraction of sp³-hybridized carbons (Fsp3) is 0.522. The van der Waals surface area contributed by atoms with E-state index in [0.717, 1.165) is 62.2 Å². The van der Waals surface area contributed by atoms with Gasteiger partial charge in [0.25, 0.3) is 0 Å². The zero-order valence-electron chi connectivity index (χ0n) is 17.7. The van der Waals surface area contributed by atoms with Gasteiger partial charge in [-0.05, 0) is 44.1 Å². The molecular weight excluding hydrogens is 400 g/mol. The van der Waals surface area contributed by atoms with Crippen molar-refractivity contribution in [2.24, 2.45) is 7.05 Å². The van der Waals surface area contributed by atoms with Crippen LogP contribution in [0.3, 0.4) is 0 Å². The van der Waals surface area contributed by atoms with E-state index in [1.54, 1.807) is 6.07 Å². The Balaban J connectivity index is 1.44. The highest BCUT2D eigenvalue weighted by Crippen LogP contribution is 2.23. The average molecular weight is 431 g/mol.